The van der Waals surface area contributed by atoms with E-state index in [1.165, 1.54) is 22.4 Å². The maximum Gasteiger partial charge on any atom is 0.197 e. The van der Waals surface area contributed by atoms with E-state index in [1.54, 1.807) is 11.0 Å². The smallest absolute Gasteiger partial charge is 0.197 e. The second-order valence-corrected chi connectivity index (χ2v) is 6.92. The molecule has 3 nitrogen and oxygen atoms in total. The van der Waals surface area contributed by atoms with E-state index < -0.39 is 0 Å². The number of fused-ring (bicyclic) bond motifs is 1. The van der Waals surface area contributed by atoms with Crippen LogP contribution in [0.5, 0.6) is 0 Å². The molecule has 132 valence electrons. The van der Waals surface area contributed by atoms with Gasteiger partial charge in [-0.2, -0.15) is 0 Å². The van der Waals surface area contributed by atoms with Crippen molar-refractivity contribution < 1.29 is 4.39 Å². The second kappa shape index (κ2) is 5.81. The zero-order valence-corrected chi connectivity index (χ0v) is 14.7. The number of anilines is 2. The summed E-state index contributed by atoms with van der Waals surface area (Å²) < 4.78 is 15.0. The van der Waals surface area contributed by atoms with E-state index >= 15 is 0 Å². The summed E-state index contributed by atoms with van der Waals surface area (Å²) in [7, 11) is 0. The standard InChI is InChI=1S/C23H18FN3/c24-19-12-9-14-4-1-2-7-17(14)22(19)27(23(25)26)20-13-10-16-6-3-5-15-8-11-18(20)21(15)16/h1-7,9-10,12-13H,8,11H2,(H3,25,26). The highest BCUT2D eigenvalue weighted by molar-refractivity contribution is 6.10. The average molecular weight is 355 g/mol. The predicted octanol–water partition coefficient (Wildman–Crippen LogP) is 5.26. The lowest BCUT2D eigenvalue weighted by Crippen LogP contribution is -2.33. The number of nitrogens with two attached hydrogens (primary N) is 1. The van der Waals surface area contributed by atoms with Gasteiger partial charge in [0.25, 0.3) is 0 Å². The Labute approximate surface area is 156 Å². The van der Waals surface area contributed by atoms with E-state index in [2.05, 4.69) is 18.2 Å². The van der Waals surface area contributed by atoms with E-state index in [9.17, 15) is 4.39 Å². The quantitative estimate of drug-likeness (QED) is 0.380. The van der Waals surface area contributed by atoms with Crippen LogP contribution in [0.1, 0.15) is 11.1 Å². The highest BCUT2D eigenvalue weighted by Gasteiger charge is 2.25. The summed E-state index contributed by atoms with van der Waals surface area (Å²) in [5, 5.41) is 12.3. The Bertz CT molecular complexity index is 1230. The van der Waals surface area contributed by atoms with E-state index in [0.29, 0.717) is 5.69 Å². The van der Waals surface area contributed by atoms with Crippen molar-refractivity contribution in [3.05, 3.63) is 83.7 Å². The monoisotopic (exact) mass is 355 g/mol. The first kappa shape index (κ1) is 15.8. The normalized spacial score (nSPS) is 12.6. The molecule has 0 atom stereocenters. The maximum atomic E-state index is 15.0. The number of rotatable bonds is 2. The summed E-state index contributed by atoms with van der Waals surface area (Å²) in [5.41, 5.74) is 9.54. The van der Waals surface area contributed by atoms with Crippen LogP contribution in [0.15, 0.2) is 66.7 Å². The zero-order valence-electron chi connectivity index (χ0n) is 14.7. The molecule has 4 aromatic rings. The predicted molar refractivity (Wildman–Crippen MR) is 109 cm³/mol. The van der Waals surface area contributed by atoms with Gasteiger partial charge < -0.3 is 5.73 Å². The van der Waals surface area contributed by atoms with Gasteiger partial charge in [0.05, 0.1) is 11.4 Å². The summed E-state index contributed by atoms with van der Waals surface area (Å²) in [5.74, 6) is -0.576. The number of nitrogens with one attached hydrogen (secondary N) is 1. The number of aryl methyl sites for hydroxylation is 2. The third-order valence-corrected chi connectivity index (χ3v) is 5.42. The van der Waals surface area contributed by atoms with Crippen LogP contribution in [0.25, 0.3) is 21.5 Å². The first-order valence-electron chi connectivity index (χ1n) is 9.00. The van der Waals surface area contributed by atoms with Crippen LogP contribution in [0.2, 0.25) is 0 Å². The molecule has 0 heterocycles. The van der Waals surface area contributed by atoms with Crippen molar-refractivity contribution in [1.29, 1.82) is 5.41 Å². The molecule has 0 amide bonds. The van der Waals surface area contributed by atoms with E-state index in [0.717, 1.165) is 34.9 Å². The van der Waals surface area contributed by atoms with Crippen LogP contribution in [-0.2, 0) is 12.8 Å². The molecule has 0 bridgehead atoms. The third-order valence-electron chi connectivity index (χ3n) is 5.42. The summed E-state index contributed by atoms with van der Waals surface area (Å²) in [4.78, 5) is 1.55. The molecule has 4 heteroatoms. The van der Waals surface area contributed by atoms with Crippen molar-refractivity contribution in [2.45, 2.75) is 12.8 Å². The largest absolute Gasteiger partial charge is 0.369 e. The van der Waals surface area contributed by atoms with Gasteiger partial charge in [-0.05, 0) is 52.3 Å². The summed E-state index contributed by atoms with van der Waals surface area (Å²) in [6.45, 7) is 0. The fourth-order valence-corrected chi connectivity index (χ4v) is 4.28. The molecule has 0 saturated carbocycles. The summed E-state index contributed by atoms with van der Waals surface area (Å²) in [6.07, 6.45) is 1.82. The van der Waals surface area contributed by atoms with Gasteiger partial charge in [-0.1, -0.05) is 54.6 Å². The van der Waals surface area contributed by atoms with Gasteiger partial charge in [0.2, 0.25) is 0 Å². The topological polar surface area (TPSA) is 53.1 Å². The molecule has 0 fully saturated rings. The molecule has 0 unspecified atom stereocenters. The Morgan fingerprint density at radius 3 is 2.52 bits per heavy atom. The van der Waals surface area contributed by atoms with Gasteiger partial charge in [0.15, 0.2) is 5.96 Å². The third kappa shape index (κ3) is 2.30. The fourth-order valence-electron chi connectivity index (χ4n) is 4.28. The Hall–Kier alpha value is -3.40. The molecule has 3 N–H and O–H groups in total. The lowest BCUT2D eigenvalue weighted by atomic mass is 10.0. The second-order valence-electron chi connectivity index (χ2n) is 6.92. The van der Waals surface area contributed by atoms with E-state index in [4.69, 9.17) is 11.1 Å². The molecule has 5 rings (SSSR count). The minimum absolute atomic E-state index is 0.190. The molecule has 0 saturated heterocycles. The van der Waals surface area contributed by atoms with Crippen LogP contribution >= 0.6 is 0 Å². The molecule has 4 aromatic carbocycles. The average Bonchev–Trinajstić information content (AvgIpc) is 3.11. The van der Waals surface area contributed by atoms with Gasteiger partial charge in [-0.3, -0.25) is 10.3 Å². The number of benzene rings is 4. The highest BCUT2D eigenvalue weighted by Crippen LogP contribution is 2.42. The molecule has 0 aromatic heterocycles. The number of hydrogen-bond acceptors (Lipinski definition) is 1. The van der Waals surface area contributed by atoms with Crippen LogP contribution < -0.4 is 10.6 Å². The molecule has 0 aliphatic heterocycles. The van der Waals surface area contributed by atoms with Gasteiger partial charge in [0, 0.05) is 5.39 Å². The molecule has 1 aliphatic rings. The van der Waals surface area contributed by atoms with Crippen LogP contribution in [0.4, 0.5) is 15.8 Å². The van der Waals surface area contributed by atoms with Crippen molar-refractivity contribution >= 4 is 38.9 Å². The Balaban J connectivity index is 1.83. The Kier molecular flexibility index (Phi) is 3.41. The van der Waals surface area contributed by atoms with Crippen molar-refractivity contribution in [1.82, 2.24) is 0 Å². The van der Waals surface area contributed by atoms with Crippen molar-refractivity contribution in [2.75, 3.05) is 4.90 Å². The molecular formula is C23H18FN3. The molecule has 1 aliphatic carbocycles. The highest BCUT2D eigenvalue weighted by atomic mass is 19.1. The molecule has 27 heavy (non-hydrogen) atoms. The van der Waals surface area contributed by atoms with Crippen molar-refractivity contribution in [2.24, 2.45) is 5.73 Å². The maximum absolute atomic E-state index is 15.0. The van der Waals surface area contributed by atoms with Crippen LogP contribution in [-0.4, -0.2) is 5.96 Å². The molecule has 0 spiro atoms. The SMILES string of the molecule is N=C(N)N(c1ccc2cccc3c2c1CC3)c1c(F)ccc2ccccc12. The minimum Gasteiger partial charge on any atom is -0.369 e. The number of hydrogen-bond donors (Lipinski definition) is 2. The number of guanidine groups is 1. The van der Waals surface area contributed by atoms with Crippen LogP contribution in [0.3, 0.4) is 0 Å². The van der Waals surface area contributed by atoms with Crippen molar-refractivity contribution in [3.8, 4) is 0 Å². The van der Waals surface area contributed by atoms with E-state index in [1.807, 2.05) is 36.4 Å². The first-order valence-corrected chi connectivity index (χ1v) is 9.00. The number of nitrogens with zero attached hydrogens (tertiary/aromatic N) is 1. The Morgan fingerprint density at radius 2 is 1.67 bits per heavy atom. The number of halogens is 1. The van der Waals surface area contributed by atoms with Crippen LogP contribution in [0, 0.1) is 11.2 Å². The molecular weight excluding hydrogens is 337 g/mol. The van der Waals surface area contributed by atoms with Gasteiger partial charge >= 0.3 is 0 Å². The van der Waals surface area contributed by atoms with Crippen molar-refractivity contribution in [3.63, 3.8) is 0 Å². The lowest BCUT2D eigenvalue weighted by molar-refractivity contribution is 0.631. The van der Waals surface area contributed by atoms with Gasteiger partial charge in [-0.15, -0.1) is 0 Å². The van der Waals surface area contributed by atoms with Gasteiger partial charge in [0.1, 0.15) is 5.82 Å². The zero-order chi connectivity index (χ0) is 18.5. The summed E-state index contributed by atoms with van der Waals surface area (Å²) >= 11 is 0. The van der Waals surface area contributed by atoms with E-state index in [-0.39, 0.29) is 11.8 Å². The Morgan fingerprint density at radius 1 is 0.889 bits per heavy atom. The fraction of sp³-hybridized carbons (Fsp3) is 0.0870. The lowest BCUT2D eigenvalue weighted by Gasteiger charge is -2.27. The minimum atomic E-state index is -0.387. The summed E-state index contributed by atoms with van der Waals surface area (Å²) in [6, 6.07) is 21.1. The molecule has 0 radical (unpaired) electrons. The first-order chi connectivity index (χ1) is 13.1. The van der Waals surface area contributed by atoms with Gasteiger partial charge in [-0.25, -0.2) is 4.39 Å².